The molecule has 198 valence electrons. The van der Waals surface area contributed by atoms with Crippen LogP contribution in [0, 0.1) is 0 Å². The number of nitrogens with one attached hydrogen (secondary N) is 3. The van der Waals surface area contributed by atoms with Crippen LogP contribution in [0.15, 0.2) is 40.4 Å². The van der Waals surface area contributed by atoms with Crippen molar-refractivity contribution in [2.45, 2.75) is 0 Å². The van der Waals surface area contributed by atoms with Gasteiger partial charge < -0.3 is 22.1 Å². The molecular formula is C23H26Cl4N8O2. The van der Waals surface area contributed by atoms with Crippen LogP contribution in [0.2, 0.25) is 0 Å². The van der Waals surface area contributed by atoms with E-state index in [0.29, 0.717) is 71.3 Å². The molecule has 0 fully saturated rings. The number of benzene rings is 2. The second kappa shape index (κ2) is 13.5. The van der Waals surface area contributed by atoms with Crippen molar-refractivity contribution in [3.8, 4) is 0 Å². The van der Waals surface area contributed by atoms with Gasteiger partial charge >= 0.3 is 0 Å². The highest BCUT2D eigenvalue weighted by atomic mass is 35.5. The fourth-order valence-electron chi connectivity index (χ4n) is 3.98. The topological polar surface area (TPSA) is 164 Å². The number of nitrogens with zero attached hydrogens (tertiary/aromatic N) is 3. The maximum atomic E-state index is 13.7. The summed E-state index contributed by atoms with van der Waals surface area (Å²) >= 11 is 11.4. The van der Waals surface area contributed by atoms with Crippen LogP contribution in [0.4, 0.5) is 11.4 Å². The third-order valence-corrected chi connectivity index (χ3v) is 6.06. The third-order valence-electron chi connectivity index (χ3n) is 5.51. The molecule has 2 aromatic carbocycles. The summed E-state index contributed by atoms with van der Waals surface area (Å²) in [6.07, 6.45) is 1.61. The maximum Gasteiger partial charge on any atom is 0.196 e. The molecule has 7 N–H and O–H groups in total. The molecule has 0 radical (unpaired) electrons. The van der Waals surface area contributed by atoms with Crippen molar-refractivity contribution in [2.75, 3.05) is 48.6 Å². The minimum atomic E-state index is -0.259. The predicted octanol–water partition coefficient (Wildman–Crippen LogP) is 3.20. The molecule has 0 atom stereocenters. The van der Waals surface area contributed by atoms with Gasteiger partial charge in [-0.1, -0.05) is 24.3 Å². The normalized spacial score (nSPS) is 12.9. The molecular weight excluding hydrogens is 562 g/mol. The molecule has 0 unspecified atom stereocenters. The van der Waals surface area contributed by atoms with Crippen LogP contribution < -0.4 is 22.1 Å². The number of nitrogens with two attached hydrogens (primary N) is 2. The number of ketones is 2. The maximum absolute atomic E-state index is 13.7. The van der Waals surface area contributed by atoms with Gasteiger partial charge in [0.15, 0.2) is 11.6 Å². The molecule has 37 heavy (non-hydrogen) atoms. The van der Waals surface area contributed by atoms with Crippen molar-refractivity contribution in [3.63, 3.8) is 0 Å². The smallest absolute Gasteiger partial charge is 0.196 e. The van der Waals surface area contributed by atoms with Gasteiger partial charge in [0.1, 0.15) is 11.7 Å². The SMILES string of the molecule is Cl.Cl.NC(CCl)=NCCNc1c2c(c(NCCN=C(N)CCl)c3[nH]ncc13)C(=O)c1ccccc1C2=O. The lowest BCUT2D eigenvalue weighted by atomic mass is 9.81. The number of H-pyrrole nitrogens is 1. The molecule has 1 heterocycles. The van der Waals surface area contributed by atoms with Crippen molar-refractivity contribution in [1.29, 1.82) is 0 Å². The van der Waals surface area contributed by atoms with Crippen LogP contribution in [0.5, 0.6) is 0 Å². The summed E-state index contributed by atoms with van der Waals surface area (Å²) < 4.78 is 0. The van der Waals surface area contributed by atoms with Crippen LogP contribution in [-0.4, -0.2) is 71.4 Å². The van der Waals surface area contributed by atoms with Crippen LogP contribution >= 0.6 is 48.0 Å². The van der Waals surface area contributed by atoms with E-state index in [-0.39, 0.29) is 59.3 Å². The number of fused-ring (bicyclic) bond motifs is 3. The first-order valence-electron chi connectivity index (χ1n) is 10.9. The lowest BCUT2D eigenvalue weighted by molar-refractivity contribution is 0.0980. The Hall–Kier alpha value is -3.05. The summed E-state index contributed by atoms with van der Waals surface area (Å²) in [6, 6.07) is 6.78. The Balaban J connectivity index is 0.00000241. The Morgan fingerprint density at radius 2 is 1.35 bits per heavy atom. The molecule has 0 saturated heterocycles. The minimum absolute atomic E-state index is 0. The van der Waals surface area contributed by atoms with E-state index in [9.17, 15) is 9.59 Å². The number of aliphatic imine (C=N–C) groups is 2. The van der Waals surface area contributed by atoms with E-state index in [1.807, 2.05) is 0 Å². The van der Waals surface area contributed by atoms with E-state index in [1.165, 1.54) is 0 Å². The highest BCUT2D eigenvalue weighted by Crippen LogP contribution is 2.42. The zero-order valence-corrected chi connectivity index (χ0v) is 22.7. The van der Waals surface area contributed by atoms with Crippen LogP contribution in [0.1, 0.15) is 31.8 Å². The van der Waals surface area contributed by atoms with Gasteiger partial charge in [-0.25, -0.2) is 0 Å². The summed E-state index contributed by atoms with van der Waals surface area (Å²) in [5, 5.41) is 14.3. The van der Waals surface area contributed by atoms with Crippen molar-refractivity contribution in [3.05, 3.63) is 52.7 Å². The first kappa shape index (κ1) is 30.2. The van der Waals surface area contributed by atoms with E-state index in [2.05, 4.69) is 30.8 Å². The summed E-state index contributed by atoms with van der Waals surface area (Å²) in [6.45, 7) is 1.40. The number of hydrogen-bond donors (Lipinski definition) is 5. The van der Waals surface area contributed by atoms with Gasteiger partial charge in [0.05, 0.1) is 59.1 Å². The summed E-state index contributed by atoms with van der Waals surface area (Å²) in [5.74, 6) is 0.389. The highest BCUT2D eigenvalue weighted by Gasteiger charge is 2.36. The predicted molar refractivity (Wildman–Crippen MR) is 155 cm³/mol. The number of aromatic amines is 1. The number of anilines is 2. The molecule has 0 aliphatic heterocycles. The Kier molecular flexibility index (Phi) is 11.0. The quantitative estimate of drug-likeness (QED) is 0.0625. The number of rotatable bonds is 10. The number of aromatic nitrogens is 2. The largest absolute Gasteiger partial charge is 0.386 e. The zero-order valence-electron chi connectivity index (χ0n) is 19.5. The minimum Gasteiger partial charge on any atom is -0.386 e. The van der Waals surface area contributed by atoms with Crippen molar-refractivity contribution in [2.24, 2.45) is 21.5 Å². The molecule has 10 nitrogen and oxygen atoms in total. The first-order chi connectivity index (χ1) is 17.0. The number of carbonyl (C=O) groups excluding carboxylic acids is 2. The standard InChI is InChI=1S/C23H24Cl2N8O2.2ClH/c24-9-15(26)28-5-7-30-19-14-11-32-33-20(14)21(31-8-6-29-16(27)10-25)18-17(19)22(34)12-3-1-2-4-13(12)23(18)35;;/h1-4,11,30-31H,5-10H2,(H2,26,28)(H2,27,29)(H,32,33);2*1H. The average molecular weight is 588 g/mol. The summed E-state index contributed by atoms with van der Waals surface area (Å²) in [7, 11) is 0. The molecule has 0 spiro atoms. The second-order valence-corrected chi connectivity index (χ2v) is 8.26. The summed E-state index contributed by atoms with van der Waals surface area (Å²) in [5.41, 5.74) is 14.2. The molecule has 1 aliphatic rings. The number of amidine groups is 2. The fraction of sp³-hybridized carbons (Fsp3) is 0.261. The van der Waals surface area contributed by atoms with Crippen LogP contribution in [0.3, 0.4) is 0 Å². The molecule has 14 heteroatoms. The molecule has 3 aromatic rings. The highest BCUT2D eigenvalue weighted by molar-refractivity contribution is 6.35. The Morgan fingerprint density at radius 3 is 1.86 bits per heavy atom. The second-order valence-electron chi connectivity index (χ2n) is 7.73. The van der Waals surface area contributed by atoms with Gasteiger partial charge in [-0.2, -0.15) is 5.10 Å². The van der Waals surface area contributed by atoms with Gasteiger partial charge in [0.25, 0.3) is 0 Å². The fourth-order valence-corrected chi connectivity index (χ4v) is 4.15. The Labute approximate surface area is 235 Å². The van der Waals surface area contributed by atoms with Crippen molar-refractivity contribution in [1.82, 2.24) is 10.2 Å². The first-order valence-corrected chi connectivity index (χ1v) is 11.9. The van der Waals surface area contributed by atoms with Gasteiger partial charge in [-0.3, -0.25) is 24.7 Å². The molecule has 0 amide bonds. The monoisotopic (exact) mass is 586 g/mol. The molecule has 0 bridgehead atoms. The van der Waals surface area contributed by atoms with E-state index in [4.69, 9.17) is 34.7 Å². The molecule has 1 aromatic heterocycles. The van der Waals surface area contributed by atoms with Crippen LogP contribution in [-0.2, 0) is 0 Å². The van der Waals surface area contributed by atoms with Gasteiger partial charge in [-0.15, -0.1) is 48.0 Å². The Morgan fingerprint density at radius 1 is 0.865 bits per heavy atom. The van der Waals surface area contributed by atoms with E-state index < -0.39 is 0 Å². The third kappa shape index (κ3) is 6.10. The number of alkyl halides is 2. The zero-order chi connectivity index (χ0) is 24.9. The van der Waals surface area contributed by atoms with Crippen molar-refractivity contribution >= 4 is 93.5 Å². The van der Waals surface area contributed by atoms with Crippen LogP contribution in [0.25, 0.3) is 10.9 Å². The average Bonchev–Trinajstić information content (AvgIpc) is 3.37. The van der Waals surface area contributed by atoms with Crippen molar-refractivity contribution < 1.29 is 9.59 Å². The van der Waals surface area contributed by atoms with E-state index >= 15 is 0 Å². The molecule has 0 saturated carbocycles. The number of carbonyl (C=O) groups is 2. The number of halogens is 4. The van der Waals surface area contributed by atoms with Gasteiger partial charge in [-0.05, 0) is 0 Å². The van der Waals surface area contributed by atoms with Gasteiger partial charge in [0, 0.05) is 29.6 Å². The van der Waals surface area contributed by atoms with E-state index in [1.54, 1.807) is 30.5 Å². The summed E-state index contributed by atoms with van der Waals surface area (Å²) in [4.78, 5) is 35.7. The Bertz CT molecular complexity index is 1260. The number of hydrogen-bond acceptors (Lipinski definition) is 7. The van der Waals surface area contributed by atoms with E-state index in [0.717, 1.165) is 0 Å². The lowest BCUT2D eigenvalue weighted by Gasteiger charge is -2.24. The lowest BCUT2D eigenvalue weighted by Crippen LogP contribution is -2.25. The molecule has 4 rings (SSSR count). The molecule has 1 aliphatic carbocycles. The van der Waals surface area contributed by atoms with Gasteiger partial charge in [0.2, 0.25) is 0 Å².